The molecule has 1 saturated heterocycles. The summed E-state index contributed by atoms with van der Waals surface area (Å²) in [5.74, 6) is 0. The van der Waals surface area contributed by atoms with Crippen LogP contribution in [0.5, 0.6) is 0 Å². The molecule has 0 amide bonds. The molecule has 2 aromatic heterocycles. The zero-order valence-electron chi connectivity index (χ0n) is 11.0. The fraction of sp³-hybridized carbons (Fsp3) is 0.500. The van der Waals surface area contributed by atoms with Crippen molar-refractivity contribution in [3.05, 3.63) is 29.7 Å². The van der Waals surface area contributed by atoms with E-state index in [1.165, 1.54) is 6.42 Å². The summed E-state index contributed by atoms with van der Waals surface area (Å²) in [6.07, 6.45) is 6.09. The van der Waals surface area contributed by atoms with Gasteiger partial charge in [-0.05, 0) is 25.8 Å². The number of rotatable bonds is 5. The first-order chi connectivity index (χ1) is 9.33. The molecule has 5 heteroatoms. The van der Waals surface area contributed by atoms with Gasteiger partial charge in [0.1, 0.15) is 11.3 Å². The third-order valence-electron chi connectivity index (χ3n) is 3.45. The number of hydrogen-bond donors (Lipinski definition) is 1. The van der Waals surface area contributed by atoms with Gasteiger partial charge in [-0.1, -0.05) is 0 Å². The lowest BCUT2D eigenvalue weighted by atomic mass is 10.1. The smallest absolute Gasteiger partial charge is 0.126 e. The first-order valence-corrected chi connectivity index (χ1v) is 7.53. The first-order valence-electron chi connectivity index (χ1n) is 6.65. The Kier molecular flexibility index (Phi) is 3.96. The number of hydrogen-bond acceptors (Lipinski definition) is 5. The van der Waals surface area contributed by atoms with E-state index < -0.39 is 0 Å². The van der Waals surface area contributed by atoms with Crippen LogP contribution in [0.15, 0.2) is 28.4 Å². The van der Waals surface area contributed by atoms with Gasteiger partial charge in [-0.25, -0.2) is 4.98 Å². The van der Waals surface area contributed by atoms with Crippen molar-refractivity contribution in [3.63, 3.8) is 0 Å². The van der Waals surface area contributed by atoms with Crippen LogP contribution >= 0.6 is 11.3 Å². The van der Waals surface area contributed by atoms with Crippen LogP contribution in [0.2, 0.25) is 0 Å². The molecule has 3 rings (SSSR count). The van der Waals surface area contributed by atoms with Crippen LogP contribution < -0.4 is 5.32 Å². The Morgan fingerprint density at radius 2 is 2.53 bits per heavy atom. The number of nitrogens with zero attached hydrogens (tertiary/aromatic N) is 1. The van der Waals surface area contributed by atoms with Crippen LogP contribution in [0.3, 0.4) is 0 Å². The molecule has 2 aromatic rings. The van der Waals surface area contributed by atoms with E-state index in [2.05, 4.69) is 22.6 Å². The molecule has 0 aliphatic carbocycles. The van der Waals surface area contributed by atoms with Crippen molar-refractivity contribution in [1.29, 1.82) is 0 Å². The zero-order valence-corrected chi connectivity index (χ0v) is 11.8. The van der Waals surface area contributed by atoms with Gasteiger partial charge in [0, 0.05) is 30.1 Å². The average molecular weight is 278 g/mol. The molecule has 19 heavy (non-hydrogen) atoms. The topological polar surface area (TPSA) is 47.3 Å². The number of furan rings is 1. The SMILES string of the molecule is C[C@H](NCc1csc(-c2ccoc2)n1)[C@H]1CCCO1. The van der Waals surface area contributed by atoms with E-state index in [-0.39, 0.29) is 0 Å². The summed E-state index contributed by atoms with van der Waals surface area (Å²) in [6.45, 7) is 3.87. The van der Waals surface area contributed by atoms with E-state index in [0.717, 1.165) is 35.8 Å². The van der Waals surface area contributed by atoms with Gasteiger partial charge in [0.25, 0.3) is 0 Å². The molecule has 0 bridgehead atoms. The van der Waals surface area contributed by atoms with Crippen LogP contribution in [-0.2, 0) is 11.3 Å². The van der Waals surface area contributed by atoms with Gasteiger partial charge in [0.2, 0.25) is 0 Å². The Hall–Kier alpha value is -1.17. The van der Waals surface area contributed by atoms with Crippen molar-refractivity contribution in [1.82, 2.24) is 10.3 Å². The fourth-order valence-corrected chi connectivity index (χ4v) is 3.11. The minimum absolute atomic E-state index is 0.354. The molecule has 0 unspecified atom stereocenters. The lowest BCUT2D eigenvalue weighted by Crippen LogP contribution is -2.36. The summed E-state index contributed by atoms with van der Waals surface area (Å²) in [6, 6.07) is 2.31. The minimum atomic E-state index is 0.354. The Morgan fingerprint density at radius 1 is 1.58 bits per heavy atom. The van der Waals surface area contributed by atoms with Crippen molar-refractivity contribution >= 4 is 11.3 Å². The van der Waals surface area contributed by atoms with Gasteiger partial charge in [0.15, 0.2) is 0 Å². The Balaban J connectivity index is 1.55. The van der Waals surface area contributed by atoms with Gasteiger partial charge in [0.05, 0.1) is 18.1 Å². The van der Waals surface area contributed by atoms with Gasteiger partial charge in [-0.15, -0.1) is 11.3 Å². The van der Waals surface area contributed by atoms with Gasteiger partial charge in [-0.2, -0.15) is 0 Å². The average Bonchev–Trinajstić information content (AvgIpc) is 3.14. The fourth-order valence-electron chi connectivity index (χ4n) is 2.30. The highest BCUT2D eigenvalue weighted by atomic mass is 32.1. The van der Waals surface area contributed by atoms with E-state index in [1.54, 1.807) is 23.9 Å². The monoisotopic (exact) mass is 278 g/mol. The van der Waals surface area contributed by atoms with Crippen LogP contribution in [0, 0.1) is 0 Å². The second-order valence-electron chi connectivity index (χ2n) is 4.88. The highest BCUT2D eigenvalue weighted by Gasteiger charge is 2.21. The number of nitrogens with one attached hydrogen (secondary N) is 1. The standard InChI is InChI=1S/C14H18N2O2S/c1-10(13-3-2-5-18-13)15-7-12-9-19-14(16-12)11-4-6-17-8-11/h4,6,8-10,13,15H,2-3,5,7H2,1H3/t10-,13+/m0/s1. The molecular formula is C14H18N2O2S. The predicted molar refractivity (Wildman–Crippen MR) is 75.1 cm³/mol. The van der Waals surface area contributed by atoms with Crippen molar-refractivity contribution in [2.75, 3.05) is 6.61 Å². The molecule has 0 radical (unpaired) electrons. The normalized spacial score (nSPS) is 20.8. The number of aromatic nitrogens is 1. The maximum absolute atomic E-state index is 5.67. The van der Waals surface area contributed by atoms with Crippen LogP contribution in [0.25, 0.3) is 10.6 Å². The summed E-state index contributed by atoms with van der Waals surface area (Å²) >= 11 is 1.65. The Morgan fingerprint density at radius 3 is 3.26 bits per heavy atom. The molecule has 1 N–H and O–H groups in total. The summed E-state index contributed by atoms with van der Waals surface area (Å²) in [5, 5.41) is 6.60. The van der Waals surface area contributed by atoms with Gasteiger partial charge in [-0.3, -0.25) is 0 Å². The Bertz CT molecular complexity index is 503. The summed E-state index contributed by atoms with van der Waals surface area (Å²) in [5.41, 5.74) is 2.12. The van der Waals surface area contributed by atoms with Crippen molar-refractivity contribution < 1.29 is 9.15 Å². The van der Waals surface area contributed by atoms with Gasteiger partial charge >= 0.3 is 0 Å². The molecule has 0 saturated carbocycles. The highest BCUT2D eigenvalue weighted by Crippen LogP contribution is 2.24. The van der Waals surface area contributed by atoms with Gasteiger partial charge < -0.3 is 14.5 Å². The lowest BCUT2D eigenvalue weighted by Gasteiger charge is -2.19. The third-order valence-corrected chi connectivity index (χ3v) is 4.39. The van der Waals surface area contributed by atoms with Crippen molar-refractivity contribution in [2.24, 2.45) is 0 Å². The lowest BCUT2D eigenvalue weighted by molar-refractivity contribution is 0.0831. The van der Waals surface area contributed by atoms with E-state index in [0.29, 0.717) is 12.1 Å². The highest BCUT2D eigenvalue weighted by molar-refractivity contribution is 7.13. The van der Waals surface area contributed by atoms with E-state index in [9.17, 15) is 0 Å². The molecule has 3 heterocycles. The maximum atomic E-state index is 5.67. The molecule has 0 spiro atoms. The molecule has 102 valence electrons. The molecule has 1 aliphatic heterocycles. The zero-order chi connectivity index (χ0) is 13.1. The van der Waals surface area contributed by atoms with E-state index >= 15 is 0 Å². The second-order valence-corrected chi connectivity index (χ2v) is 5.74. The quantitative estimate of drug-likeness (QED) is 0.913. The minimum Gasteiger partial charge on any atom is -0.472 e. The molecule has 4 nitrogen and oxygen atoms in total. The Labute approximate surface area is 116 Å². The largest absolute Gasteiger partial charge is 0.472 e. The number of thiazole rings is 1. The molecular weight excluding hydrogens is 260 g/mol. The predicted octanol–water partition coefficient (Wildman–Crippen LogP) is 3.06. The van der Waals surface area contributed by atoms with Crippen LogP contribution in [-0.4, -0.2) is 23.7 Å². The van der Waals surface area contributed by atoms with E-state index in [1.807, 2.05) is 6.07 Å². The van der Waals surface area contributed by atoms with Crippen molar-refractivity contribution in [2.45, 2.75) is 38.5 Å². The molecule has 0 aromatic carbocycles. The molecule has 1 aliphatic rings. The van der Waals surface area contributed by atoms with Crippen LogP contribution in [0.1, 0.15) is 25.5 Å². The summed E-state index contributed by atoms with van der Waals surface area (Å²) < 4.78 is 10.8. The third kappa shape index (κ3) is 3.05. The number of ether oxygens (including phenoxy) is 1. The summed E-state index contributed by atoms with van der Waals surface area (Å²) in [4.78, 5) is 4.61. The van der Waals surface area contributed by atoms with Crippen LogP contribution in [0.4, 0.5) is 0 Å². The second kappa shape index (κ2) is 5.86. The van der Waals surface area contributed by atoms with E-state index in [4.69, 9.17) is 9.15 Å². The van der Waals surface area contributed by atoms with Crippen molar-refractivity contribution in [3.8, 4) is 10.6 Å². The molecule has 2 atom stereocenters. The first kappa shape index (κ1) is 12.8. The maximum Gasteiger partial charge on any atom is 0.126 e. The summed E-state index contributed by atoms with van der Waals surface area (Å²) in [7, 11) is 0. The molecule has 1 fully saturated rings.